The van der Waals surface area contributed by atoms with Crippen molar-refractivity contribution in [1.29, 1.82) is 0 Å². The molecule has 2 aromatic heterocycles. The maximum atomic E-state index is 5.61. The van der Waals surface area contributed by atoms with Crippen molar-refractivity contribution >= 4 is 22.7 Å². The van der Waals surface area contributed by atoms with Gasteiger partial charge in [-0.1, -0.05) is 12.1 Å². The number of hydrogen-bond acceptors (Lipinski definition) is 5. The van der Waals surface area contributed by atoms with Gasteiger partial charge in [0.15, 0.2) is 5.65 Å². The summed E-state index contributed by atoms with van der Waals surface area (Å²) in [6, 6.07) is 1.69. The van der Waals surface area contributed by atoms with E-state index < -0.39 is 0 Å². The van der Waals surface area contributed by atoms with E-state index in [2.05, 4.69) is 22.2 Å². The molecular weight excluding hydrogens is 180 g/mol. The van der Waals surface area contributed by atoms with Crippen molar-refractivity contribution < 1.29 is 0 Å². The molecule has 0 bridgehead atoms. The molecule has 6 nitrogen and oxygen atoms in total. The first-order chi connectivity index (χ1) is 6.72. The zero-order valence-corrected chi connectivity index (χ0v) is 7.94. The highest BCUT2D eigenvalue weighted by Crippen LogP contribution is 2.17. The number of aryl methyl sites for hydroxylation is 1. The molecule has 0 saturated carbocycles. The van der Waals surface area contributed by atoms with Crippen molar-refractivity contribution in [1.82, 2.24) is 20.0 Å². The first kappa shape index (κ1) is 8.74. The third kappa shape index (κ3) is 1.24. The summed E-state index contributed by atoms with van der Waals surface area (Å²) in [4.78, 5) is 4.14. The predicted molar refractivity (Wildman–Crippen MR) is 54.4 cm³/mol. The van der Waals surface area contributed by atoms with Crippen molar-refractivity contribution in [3.05, 3.63) is 6.07 Å². The van der Waals surface area contributed by atoms with Gasteiger partial charge in [0.25, 0.3) is 0 Å². The Kier molecular flexibility index (Phi) is 1.95. The second kappa shape index (κ2) is 3.13. The highest BCUT2D eigenvalue weighted by atomic mass is 15.4. The highest BCUT2D eigenvalue weighted by molar-refractivity contribution is 5.79. The molecule has 0 fully saturated rings. The van der Waals surface area contributed by atoms with Crippen LogP contribution in [0, 0.1) is 0 Å². The number of nitrogens with zero attached hydrogens (tertiary/aromatic N) is 4. The van der Waals surface area contributed by atoms with Crippen molar-refractivity contribution in [3.8, 4) is 0 Å². The Morgan fingerprint density at radius 3 is 2.93 bits per heavy atom. The van der Waals surface area contributed by atoms with Crippen molar-refractivity contribution in [2.75, 3.05) is 11.5 Å². The average Bonchev–Trinajstić information content (AvgIpc) is 2.51. The first-order valence-corrected chi connectivity index (χ1v) is 4.47. The van der Waals surface area contributed by atoms with Crippen LogP contribution in [0.25, 0.3) is 11.2 Å². The van der Waals surface area contributed by atoms with Gasteiger partial charge in [0.1, 0.15) is 11.3 Å². The summed E-state index contributed by atoms with van der Waals surface area (Å²) in [7, 11) is 0. The minimum atomic E-state index is 0.331. The van der Waals surface area contributed by atoms with Gasteiger partial charge in [-0.2, -0.15) is 0 Å². The van der Waals surface area contributed by atoms with Crippen LogP contribution in [-0.2, 0) is 6.54 Å². The van der Waals surface area contributed by atoms with Crippen LogP contribution in [0.4, 0.5) is 11.5 Å². The fraction of sp³-hybridized carbons (Fsp3) is 0.375. The van der Waals surface area contributed by atoms with E-state index in [0.29, 0.717) is 22.7 Å². The number of nitrogen functional groups attached to an aromatic ring is 2. The molecule has 6 heteroatoms. The normalized spacial score (nSPS) is 10.9. The van der Waals surface area contributed by atoms with E-state index in [4.69, 9.17) is 11.5 Å². The summed E-state index contributed by atoms with van der Waals surface area (Å²) in [6.45, 7) is 2.85. The summed E-state index contributed by atoms with van der Waals surface area (Å²) in [5.74, 6) is 0.331. The molecule has 2 rings (SSSR count). The molecule has 2 aromatic rings. The molecule has 14 heavy (non-hydrogen) atoms. The van der Waals surface area contributed by atoms with Gasteiger partial charge in [-0.05, 0) is 12.5 Å². The molecule has 0 saturated heterocycles. The van der Waals surface area contributed by atoms with E-state index >= 15 is 0 Å². The molecule has 0 aliphatic rings. The van der Waals surface area contributed by atoms with Crippen LogP contribution in [0.5, 0.6) is 0 Å². The van der Waals surface area contributed by atoms with Crippen molar-refractivity contribution in [2.24, 2.45) is 0 Å². The minimum absolute atomic E-state index is 0.331. The third-order valence-corrected chi connectivity index (χ3v) is 1.98. The van der Waals surface area contributed by atoms with Gasteiger partial charge in [0, 0.05) is 6.54 Å². The molecule has 0 radical (unpaired) electrons. The molecule has 0 aliphatic heterocycles. The molecule has 0 aliphatic carbocycles. The van der Waals surface area contributed by atoms with Gasteiger partial charge in [-0.15, -0.1) is 5.10 Å². The fourth-order valence-electron chi connectivity index (χ4n) is 1.29. The Balaban J connectivity index is 2.61. The molecule has 0 spiro atoms. The van der Waals surface area contributed by atoms with Crippen LogP contribution < -0.4 is 11.5 Å². The van der Waals surface area contributed by atoms with E-state index in [-0.39, 0.29) is 0 Å². The Morgan fingerprint density at radius 2 is 2.21 bits per heavy atom. The molecule has 0 atom stereocenters. The molecule has 0 amide bonds. The Bertz CT molecular complexity index is 460. The van der Waals surface area contributed by atoms with E-state index in [0.717, 1.165) is 13.0 Å². The molecule has 4 N–H and O–H groups in total. The number of nitrogens with two attached hydrogens (primary N) is 2. The highest BCUT2D eigenvalue weighted by Gasteiger charge is 2.07. The van der Waals surface area contributed by atoms with E-state index in [1.807, 2.05) is 0 Å². The lowest BCUT2D eigenvalue weighted by atomic mass is 10.3. The Labute approximate surface area is 80.9 Å². The zero-order valence-electron chi connectivity index (χ0n) is 7.94. The van der Waals surface area contributed by atoms with Gasteiger partial charge < -0.3 is 11.5 Å². The maximum Gasteiger partial charge on any atom is 0.180 e. The van der Waals surface area contributed by atoms with Crippen molar-refractivity contribution in [3.63, 3.8) is 0 Å². The van der Waals surface area contributed by atoms with Gasteiger partial charge in [-0.25, -0.2) is 9.67 Å². The number of pyridine rings is 1. The van der Waals surface area contributed by atoms with E-state index in [9.17, 15) is 0 Å². The van der Waals surface area contributed by atoms with Gasteiger partial charge in [0.2, 0.25) is 0 Å². The lowest BCUT2D eigenvalue weighted by molar-refractivity contribution is 0.591. The van der Waals surface area contributed by atoms with Crippen LogP contribution in [0.1, 0.15) is 13.3 Å². The molecule has 2 heterocycles. The van der Waals surface area contributed by atoms with E-state index in [1.165, 1.54) is 0 Å². The molecule has 0 unspecified atom stereocenters. The standard InChI is InChI=1S/C8H12N6/c1-2-3-14-8-6(12-13-14)4-5(9)7(10)11-8/h4H,2-3,9H2,1H3,(H2,10,11). The van der Waals surface area contributed by atoms with Crippen LogP contribution in [0.2, 0.25) is 0 Å². The van der Waals surface area contributed by atoms with Gasteiger partial charge in [0.05, 0.1) is 5.69 Å². The predicted octanol–water partition coefficient (Wildman–Crippen LogP) is 0.401. The van der Waals surface area contributed by atoms with Crippen LogP contribution >= 0.6 is 0 Å². The van der Waals surface area contributed by atoms with Gasteiger partial charge in [-0.3, -0.25) is 0 Å². The molecular formula is C8H12N6. The largest absolute Gasteiger partial charge is 0.396 e. The number of anilines is 2. The van der Waals surface area contributed by atoms with Crippen molar-refractivity contribution in [2.45, 2.75) is 19.9 Å². The second-order valence-corrected chi connectivity index (χ2v) is 3.12. The third-order valence-electron chi connectivity index (χ3n) is 1.98. The summed E-state index contributed by atoms with van der Waals surface area (Å²) in [5, 5.41) is 7.91. The smallest absolute Gasteiger partial charge is 0.180 e. The number of hydrogen-bond donors (Lipinski definition) is 2. The molecule has 0 aromatic carbocycles. The SMILES string of the molecule is CCCn1nnc2cc(N)c(N)nc21. The lowest BCUT2D eigenvalue weighted by Crippen LogP contribution is -2.03. The number of aromatic nitrogens is 4. The fourth-order valence-corrected chi connectivity index (χ4v) is 1.29. The maximum absolute atomic E-state index is 5.61. The average molecular weight is 192 g/mol. The summed E-state index contributed by atoms with van der Waals surface area (Å²) in [5.41, 5.74) is 13.0. The lowest BCUT2D eigenvalue weighted by Gasteiger charge is -2.00. The molecule has 74 valence electrons. The Hall–Kier alpha value is -1.85. The number of fused-ring (bicyclic) bond motifs is 1. The second-order valence-electron chi connectivity index (χ2n) is 3.12. The van der Waals surface area contributed by atoms with Crippen LogP contribution in [0.15, 0.2) is 6.07 Å². The van der Waals surface area contributed by atoms with Crippen LogP contribution in [-0.4, -0.2) is 20.0 Å². The van der Waals surface area contributed by atoms with E-state index in [1.54, 1.807) is 10.7 Å². The Morgan fingerprint density at radius 1 is 1.43 bits per heavy atom. The summed E-state index contributed by atoms with van der Waals surface area (Å²) < 4.78 is 1.73. The quantitative estimate of drug-likeness (QED) is 0.718. The minimum Gasteiger partial charge on any atom is -0.396 e. The monoisotopic (exact) mass is 192 g/mol. The topological polar surface area (TPSA) is 95.6 Å². The van der Waals surface area contributed by atoms with Gasteiger partial charge >= 0.3 is 0 Å². The van der Waals surface area contributed by atoms with Crippen LogP contribution in [0.3, 0.4) is 0 Å². The zero-order chi connectivity index (χ0) is 10.1. The summed E-state index contributed by atoms with van der Waals surface area (Å²) in [6.07, 6.45) is 0.977. The summed E-state index contributed by atoms with van der Waals surface area (Å²) >= 11 is 0. The first-order valence-electron chi connectivity index (χ1n) is 4.47. The number of rotatable bonds is 2.